The van der Waals surface area contributed by atoms with Gasteiger partial charge < -0.3 is 24.8 Å². The molecule has 4 N–H and O–H groups in total. The van der Waals surface area contributed by atoms with Crippen molar-refractivity contribution in [1.82, 2.24) is 19.5 Å². The fourth-order valence-corrected chi connectivity index (χ4v) is 2.12. The Balaban J connectivity index is 2.18. The Morgan fingerprint density at radius 3 is 3.00 bits per heavy atom. The Morgan fingerprint density at radius 1 is 1.55 bits per heavy atom. The smallest absolute Gasteiger partial charge is 0.350 e. The lowest BCUT2D eigenvalue weighted by Crippen LogP contribution is -2.23. The third-order valence-corrected chi connectivity index (χ3v) is 3.09. The minimum absolute atomic E-state index is 0.0666. The minimum atomic E-state index is -4.33. The zero-order valence-corrected chi connectivity index (χ0v) is 12.1. The quantitative estimate of drug-likeness (QED) is 0.279. The molecule has 13 heteroatoms. The standard InChI is InChI=1S/C9H13N8O4P/c10-9-12-2-7-8(15-9)17(4-13-7)3-6(1-14-16-11)21-5-22(18,19)20/h2,4,6H,1,3,5H2,(H2,10,12,15)(H2,18,19,20). The molecular formula is C9H13N8O4P. The number of imidazole rings is 1. The molecule has 118 valence electrons. The van der Waals surface area contributed by atoms with Crippen molar-refractivity contribution in [1.29, 1.82) is 0 Å². The van der Waals surface area contributed by atoms with Gasteiger partial charge in [0.25, 0.3) is 0 Å². The molecule has 2 aromatic rings. The van der Waals surface area contributed by atoms with E-state index in [1.54, 1.807) is 4.57 Å². The Labute approximate surface area is 123 Å². The van der Waals surface area contributed by atoms with Gasteiger partial charge in [-0.05, 0) is 5.53 Å². The van der Waals surface area contributed by atoms with Gasteiger partial charge in [0.1, 0.15) is 11.9 Å². The summed E-state index contributed by atoms with van der Waals surface area (Å²) in [5, 5.41) is 3.36. The summed E-state index contributed by atoms with van der Waals surface area (Å²) in [4.78, 5) is 32.2. The predicted molar refractivity (Wildman–Crippen MR) is 75.5 cm³/mol. The molecule has 22 heavy (non-hydrogen) atoms. The molecule has 0 fully saturated rings. The number of nitrogens with zero attached hydrogens (tertiary/aromatic N) is 7. The van der Waals surface area contributed by atoms with Gasteiger partial charge in [0.05, 0.1) is 31.7 Å². The van der Waals surface area contributed by atoms with Crippen LogP contribution in [0.2, 0.25) is 0 Å². The number of azide groups is 1. The van der Waals surface area contributed by atoms with Gasteiger partial charge in [0.15, 0.2) is 5.65 Å². The fourth-order valence-electron chi connectivity index (χ4n) is 1.71. The molecule has 0 amide bonds. The molecule has 2 aromatic heterocycles. The minimum Gasteiger partial charge on any atom is -0.368 e. The molecule has 0 aliphatic rings. The van der Waals surface area contributed by atoms with Crippen LogP contribution in [0.3, 0.4) is 0 Å². The van der Waals surface area contributed by atoms with Gasteiger partial charge in [-0.3, -0.25) is 4.57 Å². The monoisotopic (exact) mass is 328 g/mol. The van der Waals surface area contributed by atoms with Gasteiger partial charge in [-0.25, -0.2) is 9.97 Å². The van der Waals surface area contributed by atoms with Gasteiger partial charge in [-0.1, -0.05) is 5.11 Å². The summed E-state index contributed by atoms with van der Waals surface area (Å²) in [6, 6.07) is 0. The van der Waals surface area contributed by atoms with Crippen molar-refractivity contribution in [3.05, 3.63) is 23.0 Å². The number of aromatic nitrogens is 4. The van der Waals surface area contributed by atoms with Crippen molar-refractivity contribution in [2.24, 2.45) is 5.11 Å². The largest absolute Gasteiger partial charge is 0.368 e. The van der Waals surface area contributed by atoms with Gasteiger partial charge >= 0.3 is 7.60 Å². The van der Waals surface area contributed by atoms with Gasteiger partial charge in [-0.15, -0.1) is 0 Å². The first-order chi connectivity index (χ1) is 10.4. The van der Waals surface area contributed by atoms with Crippen LogP contribution in [0.1, 0.15) is 0 Å². The maximum absolute atomic E-state index is 10.9. The maximum atomic E-state index is 10.9. The third-order valence-electron chi connectivity index (χ3n) is 2.60. The second-order valence-electron chi connectivity index (χ2n) is 4.33. The van der Waals surface area contributed by atoms with Crippen molar-refractivity contribution < 1.29 is 19.1 Å². The molecule has 1 atom stereocenters. The highest BCUT2D eigenvalue weighted by Gasteiger charge is 2.19. The Morgan fingerprint density at radius 2 is 2.32 bits per heavy atom. The number of anilines is 1. The topological polar surface area (TPSA) is 185 Å². The first kappa shape index (κ1) is 16.1. The average Bonchev–Trinajstić information content (AvgIpc) is 2.83. The summed E-state index contributed by atoms with van der Waals surface area (Å²) in [7, 11) is -4.33. The summed E-state index contributed by atoms with van der Waals surface area (Å²) >= 11 is 0. The highest BCUT2D eigenvalue weighted by Crippen LogP contribution is 2.34. The third kappa shape index (κ3) is 4.38. The molecule has 0 aliphatic carbocycles. The van der Waals surface area contributed by atoms with Crippen LogP contribution in [0.4, 0.5) is 5.95 Å². The molecule has 0 aliphatic heterocycles. The van der Waals surface area contributed by atoms with E-state index in [0.29, 0.717) is 11.2 Å². The van der Waals surface area contributed by atoms with Crippen LogP contribution < -0.4 is 5.73 Å². The molecule has 0 aromatic carbocycles. The lowest BCUT2D eigenvalue weighted by molar-refractivity contribution is 0.0692. The predicted octanol–water partition coefficient (Wildman–Crippen LogP) is 0.239. The molecule has 1 unspecified atom stereocenters. The van der Waals surface area contributed by atoms with E-state index in [1.165, 1.54) is 12.5 Å². The van der Waals surface area contributed by atoms with Crippen LogP contribution >= 0.6 is 7.60 Å². The van der Waals surface area contributed by atoms with Crippen molar-refractivity contribution in [2.45, 2.75) is 12.6 Å². The van der Waals surface area contributed by atoms with Crippen LogP contribution in [0.15, 0.2) is 17.6 Å². The van der Waals surface area contributed by atoms with Crippen LogP contribution in [0, 0.1) is 0 Å². The van der Waals surface area contributed by atoms with Gasteiger partial charge in [0.2, 0.25) is 5.95 Å². The maximum Gasteiger partial charge on any atom is 0.350 e. The summed E-state index contributed by atoms with van der Waals surface area (Å²) in [5.74, 6) is 0.0666. The Hall–Kier alpha value is -2.23. The molecule has 0 spiro atoms. The summed E-state index contributed by atoms with van der Waals surface area (Å²) in [6.07, 6.45) is 1.38. The normalized spacial score (nSPS) is 13.0. The molecule has 2 heterocycles. The average molecular weight is 328 g/mol. The van der Waals surface area contributed by atoms with E-state index in [4.69, 9.17) is 25.8 Å². The van der Waals surface area contributed by atoms with Gasteiger partial charge in [-0.2, -0.15) is 4.98 Å². The first-order valence-electron chi connectivity index (χ1n) is 5.99. The number of hydrogen-bond donors (Lipinski definition) is 3. The molecule has 0 bridgehead atoms. The van der Waals surface area contributed by atoms with Crippen LogP contribution in [0.25, 0.3) is 21.6 Å². The lowest BCUT2D eigenvalue weighted by atomic mass is 10.3. The van der Waals surface area contributed by atoms with Crippen LogP contribution in [-0.2, 0) is 15.8 Å². The van der Waals surface area contributed by atoms with E-state index < -0.39 is 20.0 Å². The highest BCUT2D eigenvalue weighted by molar-refractivity contribution is 7.51. The highest BCUT2D eigenvalue weighted by atomic mass is 31.2. The van der Waals surface area contributed by atoms with Crippen molar-refractivity contribution in [2.75, 3.05) is 18.6 Å². The molecule has 12 nitrogen and oxygen atoms in total. The zero-order valence-electron chi connectivity index (χ0n) is 11.2. The van der Waals surface area contributed by atoms with E-state index in [9.17, 15) is 4.57 Å². The van der Waals surface area contributed by atoms with Crippen LogP contribution in [0.5, 0.6) is 0 Å². The fraction of sp³-hybridized carbons (Fsp3) is 0.444. The first-order valence-corrected chi connectivity index (χ1v) is 7.79. The second kappa shape index (κ2) is 6.69. The van der Waals surface area contributed by atoms with Crippen LogP contribution in [-0.4, -0.2) is 48.3 Å². The van der Waals surface area contributed by atoms with E-state index >= 15 is 0 Å². The van der Waals surface area contributed by atoms with Gasteiger partial charge in [0, 0.05) is 4.91 Å². The number of fused-ring (bicyclic) bond motifs is 1. The number of nitrogen functional groups attached to an aromatic ring is 1. The second-order valence-corrected chi connectivity index (χ2v) is 5.92. The zero-order chi connectivity index (χ0) is 16.2. The van der Waals surface area contributed by atoms with Crippen molar-refractivity contribution in [3.8, 4) is 0 Å². The number of hydrogen-bond acceptors (Lipinski definition) is 7. The molecular weight excluding hydrogens is 315 g/mol. The summed E-state index contributed by atoms with van der Waals surface area (Å²) in [6.45, 7) is 0.0305. The Kier molecular flexibility index (Phi) is 4.91. The van der Waals surface area contributed by atoms with E-state index in [2.05, 4.69) is 25.0 Å². The number of ether oxygens (including phenoxy) is 1. The van der Waals surface area contributed by atoms with E-state index in [-0.39, 0.29) is 19.0 Å². The summed E-state index contributed by atoms with van der Waals surface area (Å²) < 4.78 is 17.6. The number of rotatable bonds is 7. The Bertz CT molecular complexity index is 751. The molecule has 0 radical (unpaired) electrons. The summed E-state index contributed by atoms with van der Waals surface area (Å²) in [5.41, 5.74) is 14.8. The van der Waals surface area contributed by atoms with E-state index in [1.807, 2.05) is 0 Å². The SMILES string of the molecule is [N-]=[N+]=NCC(Cn1cnc2cnc(N)nc21)OCP(=O)(O)O. The van der Waals surface area contributed by atoms with E-state index in [0.717, 1.165) is 0 Å². The number of nitrogens with two attached hydrogens (primary N) is 1. The molecule has 0 saturated carbocycles. The van der Waals surface area contributed by atoms with Crippen molar-refractivity contribution in [3.63, 3.8) is 0 Å². The molecule has 2 rings (SSSR count). The van der Waals surface area contributed by atoms with Crippen molar-refractivity contribution >= 4 is 24.7 Å². The molecule has 0 saturated heterocycles. The lowest BCUT2D eigenvalue weighted by Gasteiger charge is -2.17.